The number of alkyl halides is 1. The Kier molecular flexibility index (Phi) is 4.77. The molecule has 106 valence electrons. The number of aromatic nitrogens is 1. The Morgan fingerprint density at radius 3 is 2.20 bits per heavy atom. The van der Waals surface area contributed by atoms with Crippen molar-refractivity contribution in [3.05, 3.63) is 54.4 Å². The van der Waals surface area contributed by atoms with Crippen molar-refractivity contribution in [2.24, 2.45) is 0 Å². The lowest BCUT2D eigenvalue weighted by atomic mass is 10.2. The molecule has 1 aromatic carbocycles. The smallest absolute Gasteiger partial charge is 0.264 e. The second kappa shape index (κ2) is 6.37. The van der Waals surface area contributed by atoms with E-state index >= 15 is 0 Å². The molecule has 0 saturated carbocycles. The van der Waals surface area contributed by atoms with Gasteiger partial charge in [0.1, 0.15) is 0 Å². The number of sulfonamides is 1. The molecule has 2 aromatic rings. The summed E-state index contributed by atoms with van der Waals surface area (Å²) in [7, 11) is -3.54. The van der Waals surface area contributed by atoms with Crippen LogP contribution in [-0.4, -0.2) is 19.9 Å². The van der Waals surface area contributed by atoms with E-state index in [1.54, 1.807) is 36.7 Å². The molecule has 1 heterocycles. The van der Waals surface area contributed by atoms with E-state index in [-0.39, 0.29) is 0 Å². The molecule has 0 bridgehead atoms. The molecule has 0 aliphatic carbocycles. The first-order chi connectivity index (χ1) is 9.59. The largest absolute Gasteiger partial charge is 0.267 e. The molecule has 20 heavy (non-hydrogen) atoms. The Morgan fingerprint density at radius 2 is 1.70 bits per heavy atom. The zero-order chi connectivity index (χ0) is 14.6. The molecule has 0 unspecified atom stereocenters. The fraction of sp³-hybridized carbons (Fsp3) is 0.214. The fourth-order valence-corrected chi connectivity index (χ4v) is 3.73. The maximum absolute atomic E-state index is 12.7. The van der Waals surface area contributed by atoms with Crippen molar-refractivity contribution in [3.63, 3.8) is 0 Å². The number of benzene rings is 1. The van der Waals surface area contributed by atoms with Crippen molar-refractivity contribution in [2.45, 2.75) is 17.1 Å². The zero-order valence-electron chi connectivity index (χ0n) is 11.0. The van der Waals surface area contributed by atoms with E-state index in [0.29, 0.717) is 22.5 Å². The van der Waals surface area contributed by atoms with Gasteiger partial charge in [0.2, 0.25) is 0 Å². The van der Waals surface area contributed by atoms with Crippen LogP contribution in [0.15, 0.2) is 53.7 Å². The standard InChI is InChI=1S/C14H15BrN2O2S/c1-2-17(13-7-9-16-10-8-13)20(18,19)14-5-3-12(11-15)4-6-14/h3-10H,2,11H2,1H3. The molecule has 0 radical (unpaired) electrons. The predicted octanol–water partition coefficient (Wildman–Crippen LogP) is 3.19. The predicted molar refractivity (Wildman–Crippen MR) is 83.5 cm³/mol. The van der Waals surface area contributed by atoms with Crippen LogP contribution in [0.25, 0.3) is 0 Å². The molecule has 1 aromatic heterocycles. The van der Waals surface area contributed by atoms with Gasteiger partial charge in [0.15, 0.2) is 0 Å². The quantitative estimate of drug-likeness (QED) is 0.774. The summed E-state index contributed by atoms with van der Waals surface area (Å²) in [5.74, 6) is 0. The van der Waals surface area contributed by atoms with Gasteiger partial charge in [-0.1, -0.05) is 28.1 Å². The lowest BCUT2D eigenvalue weighted by molar-refractivity contribution is 0.592. The lowest BCUT2D eigenvalue weighted by Gasteiger charge is -2.22. The van der Waals surface area contributed by atoms with Crippen molar-refractivity contribution >= 4 is 31.6 Å². The van der Waals surface area contributed by atoms with Crippen LogP contribution in [0.1, 0.15) is 12.5 Å². The summed E-state index contributed by atoms with van der Waals surface area (Å²) in [4.78, 5) is 4.21. The maximum Gasteiger partial charge on any atom is 0.264 e. The van der Waals surface area contributed by atoms with E-state index in [9.17, 15) is 8.42 Å². The minimum atomic E-state index is -3.54. The van der Waals surface area contributed by atoms with Crippen molar-refractivity contribution in [2.75, 3.05) is 10.8 Å². The first kappa shape index (κ1) is 15.0. The van der Waals surface area contributed by atoms with E-state index < -0.39 is 10.0 Å². The van der Waals surface area contributed by atoms with Crippen LogP contribution in [0, 0.1) is 0 Å². The average Bonchev–Trinajstić information content (AvgIpc) is 2.49. The Morgan fingerprint density at radius 1 is 1.10 bits per heavy atom. The second-order valence-corrected chi connectivity index (χ2v) is 6.58. The minimum absolute atomic E-state index is 0.292. The highest BCUT2D eigenvalue weighted by molar-refractivity contribution is 9.08. The number of hydrogen-bond acceptors (Lipinski definition) is 3. The zero-order valence-corrected chi connectivity index (χ0v) is 13.4. The second-order valence-electron chi connectivity index (χ2n) is 4.15. The van der Waals surface area contributed by atoms with Crippen LogP contribution in [0.3, 0.4) is 0 Å². The van der Waals surface area contributed by atoms with Gasteiger partial charge < -0.3 is 0 Å². The number of nitrogens with zero attached hydrogens (tertiary/aromatic N) is 2. The van der Waals surface area contributed by atoms with Crippen LogP contribution in [0.5, 0.6) is 0 Å². The van der Waals surface area contributed by atoms with Crippen LogP contribution in [0.4, 0.5) is 5.69 Å². The fourth-order valence-electron chi connectivity index (χ4n) is 1.88. The summed E-state index contributed by atoms with van der Waals surface area (Å²) < 4.78 is 26.7. The van der Waals surface area contributed by atoms with Gasteiger partial charge in [-0.05, 0) is 36.8 Å². The third kappa shape index (κ3) is 3.02. The minimum Gasteiger partial charge on any atom is -0.267 e. The molecule has 0 atom stereocenters. The first-order valence-corrected chi connectivity index (χ1v) is 8.73. The highest BCUT2D eigenvalue weighted by Gasteiger charge is 2.23. The molecule has 0 spiro atoms. The van der Waals surface area contributed by atoms with E-state index in [1.165, 1.54) is 4.31 Å². The number of hydrogen-bond donors (Lipinski definition) is 0. The Bertz CT molecular complexity index is 657. The topological polar surface area (TPSA) is 50.3 Å². The number of pyridine rings is 1. The third-order valence-electron chi connectivity index (χ3n) is 2.90. The van der Waals surface area contributed by atoms with E-state index in [0.717, 1.165) is 5.56 Å². The molecular weight excluding hydrogens is 340 g/mol. The Labute approximate surface area is 127 Å². The Hall–Kier alpha value is -1.40. The lowest BCUT2D eigenvalue weighted by Crippen LogP contribution is -2.30. The van der Waals surface area contributed by atoms with Gasteiger partial charge in [0.05, 0.1) is 10.6 Å². The molecule has 0 amide bonds. The van der Waals surface area contributed by atoms with Crippen molar-refractivity contribution < 1.29 is 8.42 Å². The van der Waals surface area contributed by atoms with E-state index in [2.05, 4.69) is 20.9 Å². The van der Waals surface area contributed by atoms with Gasteiger partial charge in [0, 0.05) is 24.3 Å². The first-order valence-electron chi connectivity index (χ1n) is 6.17. The normalized spacial score (nSPS) is 11.3. The summed E-state index contributed by atoms with van der Waals surface area (Å²) in [6.07, 6.45) is 3.17. The van der Waals surface area contributed by atoms with Crippen molar-refractivity contribution in [3.8, 4) is 0 Å². The number of rotatable bonds is 5. The van der Waals surface area contributed by atoms with Crippen LogP contribution < -0.4 is 4.31 Å². The third-order valence-corrected chi connectivity index (χ3v) is 5.47. The van der Waals surface area contributed by atoms with Crippen molar-refractivity contribution in [1.29, 1.82) is 0 Å². The molecule has 2 rings (SSSR count). The molecule has 0 fully saturated rings. The summed E-state index contributed by atoms with van der Waals surface area (Å²) in [6.45, 7) is 2.18. The van der Waals surface area contributed by atoms with Gasteiger partial charge in [-0.15, -0.1) is 0 Å². The van der Waals surface area contributed by atoms with Gasteiger partial charge in [0.25, 0.3) is 10.0 Å². The molecule has 0 N–H and O–H groups in total. The highest BCUT2D eigenvalue weighted by Crippen LogP contribution is 2.23. The molecule has 0 aliphatic heterocycles. The SMILES string of the molecule is CCN(c1ccncc1)S(=O)(=O)c1ccc(CBr)cc1. The maximum atomic E-state index is 12.7. The summed E-state index contributed by atoms with van der Waals surface area (Å²) in [5, 5.41) is 0.704. The Balaban J connectivity index is 2.41. The summed E-state index contributed by atoms with van der Waals surface area (Å²) in [6, 6.07) is 10.3. The van der Waals surface area contributed by atoms with Crippen molar-refractivity contribution in [1.82, 2.24) is 4.98 Å². The van der Waals surface area contributed by atoms with E-state index in [1.807, 2.05) is 19.1 Å². The van der Waals surface area contributed by atoms with Crippen LogP contribution in [-0.2, 0) is 15.4 Å². The van der Waals surface area contributed by atoms with Gasteiger partial charge >= 0.3 is 0 Å². The van der Waals surface area contributed by atoms with Crippen LogP contribution >= 0.6 is 15.9 Å². The molecule has 6 heteroatoms. The highest BCUT2D eigenvalue weighted by atomic mass is 79.9. The summed E-state index contributed by atoms with van der Waals surface area (Å²) in [5.41, 5.74) is 1.66. The monoisotopic (exact) mass is 354 g/mol. The van der Waals surface area contributed by atoms with Crippen LogP contribution in [0.2, 0.25) is 0 Å². The average molecular weight is 355 g/mol. The molecule has 0 aliphatic rings. The molecule has 0 saturated heterocycles. The molecule has 4 nitrogen and oxygen atoms in total. The summed E-state index contributed by atoms with van der Waals surface area (Å²) >= 11 is 3.35. The number of halogens is 1. The van der Waals surface area contributed by atoms with E-state index in [4.69, 9.17) is 0 Å². The number of anilines is 1. The van der Waals surface area contributed by atoms with Gasteiger partial charge in [-0.25, -0.2) is 8.42 Å². The van der Waals surface area contributed by atoms with Gasteiger partial charge in [-0.2, -0.15) is 0 Å². The molecular formula is C14H15BrN2O2S. The van der Waals surface area contributed by atoms with Gasteiger partial charge in [-0.3, -0.25) is 9.29 Å².